The Bertz CT molecular complexity index is 1190. The topological polar surface area (TPSA) is 113 Å². The van der Waals surface area contributed by atoms with E-state index >= 15 is 0 Å². The van der Waals surface area contributed by atoms with Crippen LogP contribution in [0.2, 0.25) is 5.02 Å². The number of rotatable bonds is 6. The van der Waals surface area contributed by atoms with Gasteiger partial charge in [-0.2, -0.15) is 8.99 Å². The van der Waals surface area contributed by atoms with E-state index in [1.54, 1.807) is 28.9 Å². The van der Waals surface area contributed by atoms with Crippen LogP contribution in [0.25, 0.3) is 5.69 Å². The third-order valence-electron chi connectivity index (χ3n) is 5.11. The molecule has 0 spiro atoms. The highest BCUT2D eigenvalue weighted by Gasteiger charge is 2.29. The van der Waals surface area contributed by atoms with Gasteiger partial charge in [0, 0.05) is 43.8 Å². The predicted molar refractivity (Wildman–Crippen MR) is 119 cm³/mol. The normalized spacial score (nSPS) is 15.6. The molecule has 0 radical (unpaired) electrons. The maximum atomic E-state index is 13.0. The third-order valence-corrected chi connectivity index (χ3v) is 7.28. The maximum Gasteiger partial charge on any atom is 0.243 e. The molecule has 2 heterocycles. The molecule has 0 aliphatic carbocycles. The minimum atomic E-state index is -3.61. The summed E-state index contributed by atoms with van der Waals surface area (Å²) in [5, 5.41) is 15.2. The van der Waals surface area contributed by atoms with Crippen molar-refractivity contribution in [1.29, 1.82) is 0 Å². The summed E-state index contributed by atoms with van der Waals surface area (Å²) in [5.41, 5.74) is 1.36. The molecule has 1 aliphatic rings. The van der Waals surface area contributed by atoms with Gasteiger partial charge in [-0.15, -0.1) is 5.10 Å². The Morgan fingerprint density at radius 2 is 1.69 bits per heavy atom. The second kappa shape index (κ2) is 9.33. The number of sulfonamides is 1. The Hall–Kier alpha value is -2.86. The highest BCUT2D eigenvalue weighted by molar-refractivity contribution is 7.89. The quantitative estimate of drug-likeness (QED) is 0.578. The van der Waals surface area contributed by atoms with Crippen LogP contribution in [0.4, 0.5) is 5.69 Å². The summed E-state index contributed by atoms with van der Waals surface area (Å²) in [5.74, 6) is 0.455. The minimum Gasteiger partial charge on any atom is -0.326 e. The van der Waals surface area contributed by atoms with Gasteiger partial charge in [-0.3, -0.25) is 9.69 Å². The van der Waals surface area contributed by atoms with E-state index in [2.05, 4.69) is 25.7 Å². The van der Waals surface area contributed by atoms with Gasteiger partial charge in [0.15, 0.2) is 5.82 Å². The van der Waals surface area contributed by atoms with Gasteiger partial charge in [-0.25, -0.2) is 8.42 Å². The fourth-order valence-electron chi connectivity index (χ4n) is 3.48. The SMILES string of the molecule is CC(=O)Nc1ccc(S(=O)(=O)N2CCN(Cc3nnnn3-c3ccc(Cl)cc3)CC2)cc1. The zero-order chi connectivity index (χ0) is 22.7. The molecule has 0 saturated carbocycles. The van der Waals surface area contributed by atoms with Crippen LogP contribution in [0.15, 0.2) is 53.4 Å². The van der Waals surface area contributed by atoms with E-state index in [4.69, 9.17) is 11.6 Å². The molecular formula is C20H22ClN7O3S. The number of benzene rings is 2. The van der Waals surface area contributed by atoms with Gasteiger partial charge < -0.3 is 5.32 Å². The monoisotopic (exact) mass is 475 g/mol. The number of amides is 1. The van der Waals surface area contributed by atoms with Crippen LogP contribution in [-0.4, -0.2) is 69.9 Å². The zero-order valence-corrected chi connectivity index (χ0v) is 18.9. The van der Waals surface area contributed by atoms with Crippen LogP contribution in [0.5, 0.6) is 0 Å². The summed E-state index contributed by atoms with van der Waals surface area (Å²) in [6.07, 6.45) is 0. The summed E-state index contributed by atoms with van der Waals surface area (Å²) in [7, 11) is -3.61. The molecule has 0 unspecified atom stereocenters. The van der Waals surface area contributed by atoms with E-state index in [0.717, 1.165) is 5.69 Å². The largest absolute Gasteiger partial charge is 0.326 e. The van der Waals surface area contributed by atoms with Crippen molar-refractivity contribution in [2.24, 2.45) is 0 Å². The van der Waals surface area contributed by atoms with Crippen LogP contribution in [0.3, 0.4) is 0 Å². The molecule has 1 amide bonds. The average Bonchev–Trinajstić information content (AvgIpc) is 3.23. The molecule has 1 N–H and O–H groups in total. The second-order valence-electron chi connectivity index (χ2n) is 7.37. The molecular weight excluding hydrogens is 454 g/mol. The predicted octanol–water partition coefficient (Wildman–Crippen LogP) is 1.78. The summed E-state index contributed by atoms with van der Waals surface area (Å²) in [4.78, 5) is 13.5. The molecule has 32 heavy (non-hydrogen) atoms. The third kappa shape index (κ3) is 4.96. The smallest absolute Gasteiger partial charge is 0.243 e. The van der Waals surface area contributed by atoms with Gasteiger partial charge in [0.2, 0.25) is 15.9 Å². The number of hydrogen-bond donors (Lipinski definition) is 1. The van der Waals surface area contributed by atoms with Crippen molar-refractivity contribution >= 4 is 33.2 Å². The van der Waals surface area contributed by atoms with Crippen molar-refractivity contribution in [3.8, 4) is 5.69 Å². The molecule has 12 heteroatoms. The summed E-state index contributed by atoms with van der Waals surface area (Å²) >= 11 is 5.95. The fourth-order valence-corrected chi connectivity index (χ4v) is 5.03. The number of carbonyl (C=O) groups excluding carboxylic acids is 1. The molecule has 10 nitrogen and oxygen atoms in total. The van der Waals surface area contributed by atoms with Crippen molar-refractivity contribution in [3.63, 3.8) is 0 Å². The number of nitrogens with one attached hydrogen (secondary N) is 1. The molecule has 0 atom stereocenters. The van der Waals surface area contributed by atoms with Crippen molar-refractivity contribution in [2.45, 2.75) is 18.4 Å². The number of hydrogen-bond acceptors (Lipinski definition) is 7. The summed E-state index contributed by atoms with van der Waals surface area (Å²) in [6.45, 7) is 3.72. The van der Waals surface area contributed by atoms with E-state index in [-0.39, 0.29) is 10.8 Å². The molecule has 4 rings (SSSR count). The molecule has 1 aliphatic heterocycles. The van der Waals surface area contributed by atoms with E-state index in [0.29, 0.717) is 49.3 Å². The van der Waals surface area contributed by atoms with Crippen molar-refractivity contribution in [3.05, 3.63) is 59.4 Å². The number of halogens is 1. The lowest BCUT2D eigenvalue weighted by Gasteiger charge is -2.33. The van der Waals surface area contributed by atoms with Crippen molar-refractivity contribution in [2.75, 3.05) is 31.5 Å². The fraction of sp³-hybridized carbons (Fsp3) is 0.300. The van der Waals surface area contributed by atoms with Crippen molar-refractivity contribution < 1.29 is 13.2 Å². The molecule has 3 aromatic rings. The average molecular weight is 476 g/mol. The Morgan fingerprint density at radius 3 is 2.31 bits per heavy atom. The van der Waals surface area contributed by atoms with E-state index in [1.165, 1.54) is 23.4 Å². The van der Waals surface area contributed by atoms with Crippen LogP contribution >= 0.6 is 11.6 Å². The lowest BCUT2D eigenvalue weighted by molar-refractivity contribution is -0.114. The molecule has 1 fully saturated rings. The van der Waals surface area contributed by atoms with E-state index < -0.39 is 10.0 Å². The number of aromatic nitrogens is 4. The number of carbonyl (C=O) groups is 1. The summed E-state index contributed by atoms with van der Waals surface area (Å²) in [6, 6.07) is 13.4. The zero-order valence-electron chi connectivity index (χ0n) is 17.3. The minimum absolute atomic E-state index is 0.201. The maximum absolute atomic E-state index is 13.0. The lowest BCUT2D eigenvalue weighted by Crippen LogP contribution is -2.48. The number of piperazine rings is 1. The van der Waals surface area contributed by atoms with Crippen LogP contribution in [-0.2, 0) is 21.4 Å². The van der Waals surface area contributed by atoms with Crippen LogP contribution < -0.4 is 5.32 Å². The molecule has 1 saturated heterocycles. The highest BCUT2D eigenvalue weighted by Crippen LogP contribution is 2.21. The van der Waals surface area contributed by atoms with Gasteiger partial charge in [0.25, 0.3) is 0 Å². The molecule has 2 aromatic carbocycles. The first-order chi connectivity index (χ1) is 15.3. The molecule has 168 valence electrons. The highest BCUT2D eigenvalue weighted by atomic mass is 35.5. The first-order valence-corrected chi connectivity index (χ1v) is 11.8. The van der Waals surface area contributed by atoms with Gasteiger partial charge in [0.1, 0.15) is 0 Å². The number of nitrogens with zero attached hydrogens (tertiary/aromatic N) is 6. The first kappa shape index (κ1) is 22.3. The summed E-state index contributed by atoms with van der Waals surface area (Å²) < 4.78 is 29.1. The van der Waals surface area contributed by atoms with Crippen LogP contribution in [0, 0.1) is 0 Å². The Labute approximate surface area is 190 Å². The Balaban J connectivity index is 1.39. The van der Waals surface area contributed by atoms with Gasteiger partial charge in [-0.05, 0) is 59.0 Å². The van der Waals surface area contributed by atoms with Gasteiger partial charge in [-0.1, -0.05) is 11.6 Å². The van der Waals surface area contributed by atoms with Crippen molar-refractivity contribution in [1.82, 2.24) is 29.4 Å². The Kier molecular flexibility index (Phi) is 6.51. The van der Waals surface area contributed by atoms with Gasteiger partial charge in [0.05, 0.1) is 17.1 Å². The molecule has 0 bridgehead atoms. The number of anilines is 1. The van der Waals surface area contributed by atoms with Crippen LogP contribution in [0.1, 0.15) is 12.7 Å². The first-order valence-electron chi connectivity index (χ1n) is 9.96. The molecule has 1 aromatic heterocycles. The number of tetrazole rings is 1. The van der Waals surface area contributed by atoms with E-state index in [9.17, 15) is 13.2 Å². The second-order valence-corrected chi connectivity index (χ2v) is 9.74. The van der Waals surface area contributed by atoms with E-state index in [1.807, 2.05) is 12.1 Å². The Morgan fingerprint density at radius 1 is 1.03 bits per heavy atom. The standard InChI is InChI=1S/C20H22ClN7O3S/c1-15(29)22-17-4-8-19(9-5-17)32(30,31)27-12-10-26(11-13-27)14-20-23-24-25-28(20)18-6-2-16(21)3-7-18/h2-9H,10-14H2,1H3,(H,22,29). The van der Waals surface area contributed by atoms with Gasteiger partial charge >= 0.3 is 0 Å². The lowest BCUT2D eigenvalue weighted by atomic mass is 10.3.